The minimum absolute atomic E-state index is 0.251. The van der Waals surface area contributed by atoms with Crippen molar-refractivity contribution >= 4 is 11.0 Å². The zero-order valence-corrected chi connectivity index (χ0v) is 12.2. The van der Waals surface area contributed by atoms with Gasteiger partial charge in [0, 0.05) is 17.9 Å². The van der Waals surface area contributed by atoms with E-state index in [1.807, 2.05) is 32.9 Å². The number of rotatable bonds is 4. The Labute approximate surface area is 117 Å². The number of fused-ring (bicyclic) bond motifs is 1. The molecule has 0 aliphatic carbocycles. The predicted octanol–water partition coefficient (Wildman–Crippen LogP) is 2.51. The standard InChI is InChI=1S/C15H19NO4/c1-15(2,3)13-10-6-5-7-11(19-9-8-18-4)12(10)20-14(17)16-13/h5-7H,8-9H2,1-4H3. The van der Waals surface area contributed by atoms with E-state index < -0.39 is 5.76 Å². The molecule has 0 atom stereocenters. The van der Waals surface area contributed by atoms with E-state index >= 15 is 0 Å². The van der Waals surface area contributed by atoms with Gasteiger partial charge in [0.2, 0.25) is 0 Å². The molecule has 5 heteroatoms. The Morgan fingerprint density at radius 2 is 2.00 bits per heavy atom. The van der Waals surface area contributed by atoms with Gasteiger partial charge in [0.15, 0.2) is 11.3 Å². The highest BCUT2D eigenvalue weighted by molar-refractivity contribution is 5.85. The predicted molar refractivity (Wildman–Crippen MR) is 76.4 cm³/mol. The molecule has 1 aromatic heterocycles. The third-order valence-electron chi connectivity index (χ3n) is 2.88. The molecule has 0 amide bonds. The van der Waals surface area contributed by atoms with E-state index in [4.69, 9.17) is 13.9 Å². The highest BCUT2D eigenvalue weighted by Gasteiger charge is 2.22. The first kappa shape index (κ1) is 14.5. The van der Waals surface area contributed by atoms with Crippen molar-refractivity contribution in [2.75, 3.05) is 20.3 Å². The van der Waals surface area contributed by atoms with E-state index in [9.17, 15) is 4.79 Å². The SMILES string of the molecule is COCCOc1cccc2c(C(C)(C)C)nc(=O)oc12. The van der Waals surface area contributed by atoms with Crippen LogP contribution in [0.25, 0.3) is 11.0 Å². The van der Waals surface area contributed by atoms with Gasteiger partial charge in [-0.1, -0.05) is 26.8 Å². The highest BCUT2D eigenvalue weighted by atomic mass is 16.5. The van der Waals surface area contributed by atoms with Gasteiger partial charge in [-0.2, -0.15) is 4.98 Å². The lowest BCUT2D eigenvalue weighted by atomic mass is 9.89. The van der Waals surface area contributed by atoms with Crippen molar-refractivity contribution in [3.05, 3.63) is 34.4 Å². The van der Waals surface area contributed by atoms with Crippen LogP contribution in [0.15, 0.2) is 27.4 Å². The van der Waals surface area contributed by atoms with Crippen LogP contribution in [-0.2, 0) is 10.2 Å². The van der Waals surface area contributed by atoms with Gasteiger partial charge < -0.3 is 13.9 Å². The maximum atomic E-state index is 11.7. The maximum absolute atomic E-state index is 11.7. The molecule has 0 N–H and O–H groups in total. The lowest BCUT2D eigenvalue weighted by Gasteiger charge is -2.19. The van der Waals surface area contributed by atoms with Crippen LogP contribution in [0.4, 0.5) is 0 Å². The average molecular weight is 277 g/mol. The zero-order valence-electron chi connectivity index (χ0n) is 12.2. The van der Waals surface area contributed by atoms with Gasteiger partial charge >= 0.3 is 5.76 Å². The monoisotopic (exact) mass is 277 g/mol. The fraction of sp³-hybridized carbons (Fsp3) is 0.467. The number of hydrogen-bond acceptors (Lipinski definition) is 5. The molecule has 0 aliphatic rings. The molecule has 2 rings (SSSR count). The van der Waals surface area contributed by atoms with Crippen molar-refractivity contribution in [2.45, 2.75) is 26.2 Å². The fourth-order valence-electron chi connectivity index (χ4n) is 1.99. The molecule has 0 bridgehead atoms. The Bertz CT molecular complexity index is 655. The number of aromatic nitrogens is 1. The fourth-order valence-corrected chi connectivity index (χ4v) is 1.99. The summed E-state index contributed by atoms with van der Waals surface area (Å²) in [5, 5.41) is 0.798. The molecule has 0 saturated carbocycles. The quantitative estimate of drug-likeness (QED) is 0.804. The number of para-hydroxylation sites is 1. The molecular formula is C15H19NO4. The Morgan fingerprint density at radius 1 is 1.25 bits per heavy atom. The summed E-state index contributed by atoms with van der Waals surface area (Å²) in [6.45, 7) is 6.89. The summed E-state index contributed by atoms with van der Waals surface area (Å²) in [5.41, 5.74) is 0.897. The van der Waals surface area contributed by atoms with Crippen molar-refractivity contribution in [3.63, 3.8) is 0 Å². The van der Waals surface area contributed by atoms with E-state index in [-0.39, 0.29) is 5.41 Å². The van der Waals surface area contributed by atoms with Gasteiger partial charge in [0.05, 0.1) is 12.3 Å². The first-order valence-corrected chi connectivity index (χ1v) is 6.49. The Balaban J connectivity index is 2.57. The molecule has 0 spiro atoms. The second-order valence-corrected chi connectivity index (χ2v) is 5.55. The van der Waals surface area contributed by atoms with Crippen molar-refractivity contribution in [1.29, 1.82) is 0 Å². The van der Waals surface area contributed by atoms with Gasteiger partial charge in [-0.3, -0.25) is 0 Å². The Kier molecular flexibility index (Phi) is 4.09. The second-order valence-electron chi connectivity index (χ2n) is 5.55. The maximum Gasteiger partial charge on any atom is 0.439 e. The molecular weight excluding hydrogens is 258 g/mol. The number of ether oxygens (including phenoxy) is 2. The van der Waals surface area contributed by atoms with E-state index in [0.717, 1.165) is 5.39 Å². The summed E-state index contributed by atoms with van der Waals surface area (Å²) in [5.74, 6) is -0.0743. The van der Waals surface area contributed by atoms with Crippen LogP contribution in [0, 0.1) is 0 Å². The molecule has 0 unspecified atom stereocenters. The van der Waals surface area contributed by atoms with Gasteiger partial charge in [-0.05, 0) is 12.1 Å². The van der Waals surface area contributed by atoms with Crippen LogP contribution in [0.1, 0.15) is 26.5 Å². The second kappa shape index (κ2) is 5.63. The Hall–Kier alpha value is -1.88. The van der Waals surface area contributed by atoms with Gasteiger partial charge in [0.1, 0.15) is 6.61 Å². The third kappa shape index (κ3) is 2.99. The molecule has 108 valence electrons. The number of methoxy groups -OCH3 is 1. The van der Waals surface area contributed by atoms with Crippen LogP contribution in [0.2, 0.25) is 0 Å². The minimum Gasteiger partial charge on any atom is -0.487 e. The third-order valence-corrected chi connectivity index (χ3v) is 2.88. The van der Waals surface area contributed by atoms with Crippen molar-refractivity contribution in [3.8, 4) is 5.75 Å². The number of nitrogens with zero attached hydrogens (tertiary/aromatic N) is 1. The molecule has 5 nitrogen and oxygen atoms in total. The average Bonchev–Trinajstić information content (AvgIpc) is 2.37. The number of benzene rings is 1. The smallest absolute Gasteiger partial charge is 0.439 e. The van der Waals surface area contributed by atoms with Gasteiger partial charge in [-0.15, -0.1) is 0 Å². The van der Waals surface area contributed by atoms with Gasteiger partial charge in [0.25, 0.3) is 0 Å². The summed E-state index contributed by atoms with van der Waals surface area (Å²) < 4.78 is 15.8. The summed E-state index contributed by atoms with van der Waals surface area (Å²) in [6, 6.07) is 5.52. The molecule has 0 aliphatic heterocycles. The highest BCUT2D eigenvalue weighted by Crippen LogP contribution is 2.31. The lowest BCUT2D eigenvalue weighted by molar-refractivity contribution is 0.146. The topological polar surface area (TPSA) is 61.6 Å². The van der Waals surface area contributed by atoms with Crippen LogP contribution in [0.3, 0.4) is 0 Å². The Morgan fingerprint density at radius 3 is 2.65 bits per heavy atom. The first-order chi connectivity index (χ1) is 9.43. The van der Waals surface area contributed by atoms with E-state index in [2.05, 4.69) is 4.98 Å². The zero-order chi connectivity index (χ0) is 14.8. The minimum atomic E-state index is -0.606. The van der Waals surface area contributed by atoms with Crippen molar-refractivity contribution in [1.82, 2.24) is 4.98 Å². The van der Waals surface area contributed by atoms with Crippen molar-refractivity contribution < 1.29 is 13.9 Å². The van der Waals surface area contributed by atoms with Crippen molar-refractivity contribution in [2.24, 2.45) is 0 Å². The molecule has 0 saturated heterocycles. The summed E-state index contributed by atoms with van der Waals surface area (Å²) in [7, 11) is 1.61. The van der Waals surface area contributed by atoms with E-state index in [0.29, 0.717) is 30.2 Å². The molecule has 1 heterocycles. The number of hydrogen-bond donors (Lipinski definition) is 0. The van der Waals surface area contributed by atoms with Gasteiger partial charge in [-0.25, -0.2) is 4.79 Å². The molecule has 2 aromatic rings. The van der Waals surface area contributed by atoms with E-state index in [1.54, 1.807) is 13.2 Å². The summed E-state index contributed by atoms with van der Waals surface area (Å²) in [4.78, 5) is 15.7. The molecule has 0 radical (unpaired) electrons. The van der Waals surface area contributed by atoms with Crippen LogP contribution >= 0.6 is 0 Å². The summed E-state index contributed by atoms with van der Waals surface area (Å²) in [6.07, 6.45) is 0. The normalized spacial score (nSPS) is 11.8. The molecule has 20 heavy (non-hydrogen) atoms. The summed E-state index contributed by atoms with van der Waals surface area (Å²) >= 11 is 0. The van der Waals surface area contributed by atoms with E-state index in [1.165, 1.54) is 0 Å². The van der Waals surface area contributed by atoms with Crippen LogP contribution in [-0.4, -0.2) is 25.3 Å². The molecule has 1 aromatic carbocycles. The molecule has 0 fully saturated rings. The largest absolute Gasteiger partial charge is 0.487 e. The van der Waals surface area contributed by atoms with Crippen LogP contribution in [0.5, 0.6) is 5.75 Å². The van der Waals surface area contributed by atoms with Crippen LogP contribution < -0.4 is 10.5 Å². The first-order valence-electron chi connectivity index (χ1n) is 6.49. The lowest BCUT2D eigenvalue weighted by Crippen LogP contribution is -2.20.